The van der Waals surface area contributed by atoms with Crippen molar-refractivity contribution in [3.05, 3.63) is 40.3 Å². The lowest BCUT2D eigenvalue weighted by Crippen LogP contribution is -2.41. The molecule has 1 aliphatic carbocycles. The molecule has 0 spiro atoms. The zero-order chi connectivity index (χ0) is 14.8. The molecule has 2 N–H and O–H groups in total. The smallest absolute Gasteiger partial charge is 0.287 e. The van der Waals surface area contributed by atoms with E-state index in [2.05, 4.69) is 5.32 Å². The number of nitrogens with one attached hydrogen (secondary N) is 1. The predicted octanol–water partition coefficient (Wildman–Crippen LogP) is 2.59. The highest BCUT2D eigenvalue weighted by atomic mass is 32.1. The van der Waals surface area contributed by atoms with Gasteiger partial charge >= 0.3 is 0 Å². The molecule has 2 aromatic heterocycles. The van der Waals surface area contributed by atoms with Crippen LogP contribution in [0.4, 0.5) is 0 Å². The van der Waals surface area contributed by atoms with Crippen LogP contribution in [0.25, 0.3) is 0 Å². The maximum absolute atomic E-state index is 12.3. The van der Waals surface area contributed by atoms with E-state index in [-0.39, 0.29) is 29.7 Å². The number of hydrogen-bond donors (Lipinski definition) is 2. The molecule has 0 saturated heterocycles. The number of aliphatic hydroxyl groups is 1. The molecule has 21 heavy (non-hydrogen) atoms. The van der Waals surface area contributed by atoms with Crippen LogP contribution < -0.4 is 10.1 Å². The molecule has 1 saturated carbocycles. The van der Waals surface area contributed by atoms with E-state index < -0.39 is 0 Å². The van der Waals surface area contributed by atoms with E-state index in [9.17, 15) is 9.90 Å². The van der Waals surface area contributed by atoms with Gasteiger partial charge in [0.2, 0.25) is 0 Å². The zero-order valence-electron chi connectivity index (χ0n) is 11.6. The van der Waals surface area contributed by atoms with Crippen LogP contribution in [0.5, 0.6) is 5.95 Å². The van der Waals surface area contributed by atoms with Crippen molar-refractivity contribution in [3.63, 3.8) is 0 Å². The first-order valence-corrected chi connectivity index (χ1v) is 7.71. The van der Waals surface area contributed by atoms with Gasteiger partial charge in [-0.1, -0.05) is 6.07 Å². The van der Waals surface area contributed by atoms with Crippen LogP contribution in [0.15, 0.2) is 34.1 Å². The molecule has 1 aliphatic rings. The molecule has 112 valence electrons. The molecule has 6 heteroatoms. The Bertz CT molecular complexity index is 601. The maximum atomic E-state index is 12.3. The second-order valence-electron chi connectivity index (χ2n) is 5.17. The van der Waals surface area contributed by atoms with E-state index in [4.69, 9.17) is 9.15 Å². The summed E-state index contributed by atoms with van der Waals surface area (Å²) in [6.07, 6.45) is 1.17. The van der Waals surface area contributed by atoms with Crippen molar-refractivity contribution in [2.45, 2.75) is 25.0 Å². The summed E-state index contributed by atoms with van der Waals surface area (Å²) in [6.45, 7) is 0. The monoisotopic (exact) mass is 307 g/mol. The molecule has 0 unspecified atom stereocenters. The van der Waals surface area contributed by atoms with Crippen LogP contribution in [-0.4, -0.2) is 24.2 Å². The van der Waals surface area contributed by atoms with E-state index in [0.717, 1.165) is 4.88 Å². The van der Waals surface area contributed by atoms with Gasteiger partial charge in [0.05, 0.1) is 19.3 Å². The molecule has 2 heterocycles. The number of carbonyl (C=O) groups excluding carboxylic acids is 1. The number of thiophene rings is 1. The predicted molar refractivity (Wildman–Crippen MR) is 78.5 cm³/mol. The second-order valence-corrected chi connectivity index (χ2v) is 6.15. The van der Waals surface area contributed by atoms with Gasteiger partial charge in [0.25, 0.3) is 11.9 Å². The Labute approximate surface area is 126 Å². The van der Waals surface area contributed by atoms with Crippen LogP contribution in [0, 0.1) is 5.92 Å². The lowest BCUT2D eigenvalue weighted by Gasteiger charge is -2.37. The number of amides is 1. The van der Waals surface area contributed by atoms with Gasteiger partial charge < -0.3 is 19.6 Å². The number of ether oxygens (including phenoxy) is 1. The molecular weight excluding hydrogens is 290 g/mol. The van der Waals surface area contributed by atoms with Gasteiger partial charge in [0.1, 0.15) is 0 Å². The number of carbonyl (C=O) groups is 1. The second kappa shape index (κ2) is 5.91. The topological polar surface area (TPSA) is 71.7 Å². The van der Waals surface area contributed by atoms with Crippen molar-refractivity contribution in [1.82, 2.24) is 5.32 Å². The summed E-state index contributed by atoms with van der Waals surface area (Å²) in [5, 5.41) is 14.5. The molecule has 3 rings (SSSR count). The Morgan fingerprint density at radius 1 is 1.48 bits per heavy atom. The van der Waals surface area contributed by atoms with Crippen molar-refractivity contribution in [3.8, 4) is 5.95 Å². The lowest BCUT2D eigenvalue weighted by atomic mass is 9.76. The van der Waals surface area contributed by atoms with Crippen LogP contribution in [-0.2, 0) is 0 Å². The molecular formula is C15H17NO4S. The molecule has 1 atom stereocenters. The summed E-state index contributed by atoms with van der Waals surface area (Å²) in [7, 11) is 1.49. The first kappa shape index (κ1) is 14.2. The van der Waals surface area contributed by atoms with Gasteiger partial charge in [0, 0.05) is 10.9 Å². The summed E-state index contributed by atoms with van der Waals surface area (Å²) in [6, 6.07) is 7.09. The van der Waals surface area contributed by atoms with Crippen molar-refractivity contribution in [2.24, 2.45) is 5.92 Å². The van der Waals surface area contributed by atoms with Crippen molar-refractivity contribution < 1.29 is 19.1 Å². The first-order valence-electron chi connectivity index (χ1n) is 6.83. The third-order valence-corrected chi connectivity index (χ3v) is 4.72. The Balaban J connectivity index is 1.73. The third kappa shape index (κ3) is 2.96. The highest BCUT2D eigenvalue weighted by Crippen LogP contribution is 2.39. The largest absolute Gasteiger partial charge is 0.468 e. The fourth-order valence-electron chi connectivity index (χ4n) is 2.56. The molecule has 1 fully saturated rings. The Morgan fingerprint density at radius 2 is 2.29 bits per heavy atom. The number of methoxy groups -OCH3 is 1. The number of aliphatic hydroxyl groups excluding tert-OH is 1. The summed E-state index contributed by atoms with van der Waals surface area (Å²) >= 11 is 1.61. The number of furan rings is 1. The maximum Gasteiger partial charge on any atom is 0.287 e. The highest BCUT2D eigenvalue weighted by molar-refractivity contribution is 7.10. The van der Waals surface area contributed by atoms with Gasteiger partial charge in [-0.3, -0.25) is 4.79 Å². The minimum Gasteiger partial charge on any atom is -0.468 e. The van der Waals surface area contributed by atoms with Crippen LogP contribution in [0.1, 0.15) is 34.3 Å². The summed E-state index contributed by atoms with van der Waals surface area (Å²) in [5.74, 6) is 0.540. The Morgan fingerprint density at radius 3 is 2.86 bits per heavy atom. The molecule has 0 aliphatic heterocycles. The normalized spacial score (nSPS) is 22.4. The lowest BCUT2D eigenvalue weighted by molar-refractivity contribution is 0.0238. The van der Waals surface area contributed by atoms with Gasteiger partial charge in [0.15, 0.2) is 5.76 Å². The van der Waals surface area contributed by atoms with E-state index in [1.165, 1.54) is 7.11 Å². The van der Waals surface area contributed by atoms with Crippen molar-refractivity contribution in [2.75, 3.05) is 7.11 Å². The molecule has 2 aromatic rings. The average Bonchev–Trinajstić information content (AvgIpc) is 3.11. The fraction of sp³-hybridized carbons (Fsp3) is 0.400. The van der Waals surface area contributed by atoms with Crippen LogP contribution >= 0.6 is 11.3 Å². The minimum absolute atomic E-state index is 0.0861. The van der Waals surface area contributed by atoms with Crippen molar-refractivity contribution >= 4 is 17.2 Å². The summed E-state index contributed by atoms with van der Waals surface area (Å²) in [5.41, 5.74) is 0. The quantitative estimate of drug-likeness (QED) is 0.890. The molecule has 0 aromatic carbocycles. The minimum atomic E-state index is -0.266. The van der Waals surface area contributed by atoms with E-state index in [1.807, 2.05) is 17.5 Å². The number of hydrogen-bond acceptors (Lipinski definition) is 5. The molecule has 0 radical (unpaired) electrons. The Hall–Kier alpha value is -1.79. The van der Waals surface area contributed by atoms with Gasteiger partial charge in [-0.15, -0.1) is 11.3 Å². The van der Waals surface area contributed by atoms with Gasteiger partial charge in [-0.05, 0) is 36.3 Å². The van der Waals surface area contributed by atoms with Crippen LogP contribution in [0.2, 0.25) is 0 Å². The van der Waals surface area contributed by atoms with Gasteiger partial charge in [-0.2, -0.15) is 0 Å². The molecule has 0 bridgehead atoms. The standard InChI is InChI=1S/C15H17NO4S/c1-19-13-5-4-11(20-13)15(18)16-14(9-7-10(17)8-9)12-3-2-6-21-12/h2-6,9-10,14,17H,7-8H2,1H3,(H,16,18)/t9?,10?,14-/m1/s1. The fourth-order valence-corrected chi connectivity index (χ4v) is 3.43. The zero-order valence-corrected chi connectivity index (χ0v) is 12.4. The van der Waals surface area contributed by atoms with Crippen molar-refractivity contribution in [1.29, 1.82) is 0 Å². The molecule has 1 amide bonds. The average molecular weight is 307 g/mol. The summed E-state index contributed by atoms with van der Waals surface area (Å²) < 4.78 is 10.2. The first-order chi connectivity index (χ1) is 10.2. The van der Waals surface area contributed by atoms with E-state index in [0.29, 0.717) is 18.8 Å². The highest BCUT2D eigenvalue weighted by Gasteiger charge is 2.36. The van der Waals surface area contributed by atoms with Crippen LogP contribution in [0.3, 0.4) is 0 Å². The third-order valence-electron chi connectivity index (χ3n) is 3.76. The Kier molecular flexibility index (Phi) is 3.98. The SMILES string of the molecule is COc1ccc(C(=O)N[C@@H](c2cccs2)C2CC(O)C2)o1. The van der Waals surface area contributed by atoms with Gasteiger partial charge in [-0.25, -0.2) is 0 Å². The molecule has 5 nitrogen and oxygen atoms in total. The summed E-state index contributed by atoms with van der Waals surface area (Å²) in [4.78, 5) is 13.4. The number of rotatable bonds is 5. The van der Waals surface area contributed by atoms with E-state index >= 15 is 0 Å². The van der Waals surface area contributed by atoms with E-state index in [1.54, 1.807) is 23.5 Å².